The first-order valence-corrected chi connectivity index (χ1v) is 7.53. The molecule has 0 radical (unpaired) electrons. The summed E-state index contributed by atoms with van der Waals surface area (Å²) in [6.45, 7) is 2.01. The number of hydrogen-bond acceptors (Lipinski definition) is 3. The van der Waals surface area contributed by atoms with E-state index in [0.717, 1.165) is 11.3 Å². The summed E-state index contributed by atoms with van der Waals surface area (Å²) in [6.07, 6.45) is 2.02. The van der Waals surface area contributed by atoms with Crippen molar-refractivity contribution in [1.82, 2.24) is 0 Å². The van der Waals surface area contributed by atoms with Gasteiger partial charge in [0.1, 0.15) is 5.75 Å². The molecule has 2 aromatic rings. The van der Waals surface area contributed by atoms with E-state index in [4.69, 9.17) is 4.74 Å². The third-order valence-corrected chi connectivity index (χ3v) is 3.51. The van der Waals surface area contributed by atoms with Crippen molar-refractivity contribution in [3.63, 3.8) is 0 Å². The van der Waals surface area contributed by atoms with Gasteiger partial charge >= 0.3 is 0 Å². The summed E-state index contributed by atoms with van der Waals surface area (Å²) in [5.74, 6) is 0.532. The molecule has 0 aliphatic heterocycles. The molecule has 0 fully saturated rings. The lowest BCUT2D eigenvalue weighted by atomic mass is 10.2. The quantitative estimate of drug-likeness (QED) is 0.851. The maximum atomic E-state index is 11.8. The van der Waals surface area contributed by atoms with Crippen LogP contribution >= 0.6 is 11.8 Å². The molecule has 0 bridgehead atoms. The summed E-state index contributed by atoms with van der Waals surface area (Å²) < 4.78 is 5.44. The first-order chi connectivity index (χ1) is 9.67. The molecule has 0 spiro atoms. The van der Waals surface area contributed by atoms with Crippen LogP contribution in [-0.4, -0.2) is 18.8 Å². The number of anilines is 1. The molecule has 0 aliphatic carbocycles. The molecule has 0 heterocycles. The Hall–Kier alpha value is -1.94. The standard InChI is InChI=1S/C16H17NO2S/c1-12-3-5-13(6-4-12)17-16(18)11-19-14-7-9-15(20-2)10-8-14/h3-10H,11H2,1-2H3,(H,17,18). The molecule has 2 aromatic carbocycles. The van der Waals surface area contributed by atoms with Crippen LogP contribution in [0.1, 0.15) is 5.56 Å². The zero-order chi connectivity index (χ0) is 14.4. The molecule has 0 atom stereocenters. The van der Waals surface area contributed by atoms with Gasteiger partial charge in [-0.25, -0.2) is 0 Å². The van der Waals surface area contributed by atoms with Crippen LogP contribution in [0.2, 0.25) is 0 Å². The number of carbonyl (C=O) groups excluding carboxylic acids is 1. The van der Waals surface area contributed by atoms with Gasteiger partial charge in [-0.1, -0.05) is 17.7 Å². The molecule has 0 saturated carbocycles. The average Bonchev–Trinajstić information content (AvgIpc) is 2.48. The molecule has 2 rings (SSSR count). The Kier molecular flexibility index (Phi) is 5.07. The molecule has 0 saturated heterocycles. The van der Waals surface area contributed by atoms with Gasteiger partial charge in [-0.15, -0.1) is 11.8 Å². The van der Waals surface area contributed by atoms with Gasteiger partial charge in [0.2, 0.25) is 0 Å². The van der Waals surface area contributed by atoms with Crippen LogP contribution in [0.4, 0.5) is 5.69 Å². The van der Waals surface area contributed by atoms with Crippen molar-refractivity contribution < 1.29 is 9.53 Å². The van der Waals surface area contributed by atoms with Gasteiger partial charge in [0.25, 0.3) is 5.91 Å². The highest BCUT2D eigenvalue weighted by Crippen LogP contribution is 2.18. The van der Waals surface area contributed by atoms with Crippen LogP contribution in [0, 0.1) is 6.92 Å². The number of carbonyl (C=O) groups is 1. The summed E-state index contributed by atoms with van der Waals surface area (Å²) in [5, 5.41) is 2.79. The van der Waals surface area contributed by atoms with Gasteiger partial charge < -0.3 is 10.1 Å². The molecule has 3 nitrogen and oxygen atoms in total. The number of thioether (sulfide) groups is 1. The smallest absolute Gasteiger partial charge is 0.262 e. The SMILES string of the molecule is CSc1ccc(OCC(=O)Nc2ccc(C)cc2)cc1. The van der Waals surface area contributed by atoms with E-state index in [1.54, 1.807) is 11.8 Å². The third-order valence-electron chi connectivity index (χ3n) is 2.76. The fourth-order valence-corrected chi connectivity index (χ4v) is 2.06. The van der Waals surface area contributed by atoms with E-state index in [2.05, 4.69) is 5.32 Å². The van der Waals surface area contributed by atoms with Crippen LogP contribution in [0.5, 0.6) is 5.75 Å². The Bertz CT molecular complexity index is 564. The Morgan fingerprint density at radius 2 is 1.75 bits per heavy atom. The number of amides is 1. The van der Waals surface area contributed by atoms with Crippen LogP contribution < -0.4 is 10.1 Å². The summed E-state index contributed by atoms with van der Waals surface area (Å²) in [4.78, 5) is 12.9. The lowest BCUT2D eigenvalue weighted by Crippen LogP contribution is -2.20. The van der Waals surface area contributed by atoms with Gasteiger partial charge in [0, 0.05) is 10.6 Å². The summed E-state index contributed by atoms with van der Waals surface area (Å²) in [6, 6.07) is 15.3. The first-order valence-electron chi connectivity index (χ1n) is 6.31. The third kappa shape index (κ3) is 4.31. The van der Waals surface area contributed by atoms with Gasteiger partial charge in [0.05, 0.1) is 0 Å². The number of benzene rings is 2. The molecular formula is C16H17NO2S. The molecular weight excluding hydrogens is 270 g/mol. The van der Waals surface area contributed by atoms with Crippen molar-refractivity contribution in [3.8, 4) is 5.75 Å². The second-order valence-electron chi connectivity index (χ2n) is 4.38. The minimum atomic E-state index is -0.164. The van der Waals surface area contributed by atoms with Gasteiger partial charge in [-0.3, -0.25) is 4.79 Å². The Labute approximate surface area is 123 Å². The molecule has 104 valence electrons. The molecule has 1 N–H and O–H groups in total. The molecule has 4 heteroatoms. The Morgan fingerprint density at radius 1 is 1.10 bits per heavy atom. The maximum absolute atomic E-state index is 11.8. The Morgan fingerprint density at radius 3 is 2.35 bits per heavy atom. The molecule has 1 amide bonds. The largest absolute Gasteiger partial charge is 0.484 e. The highest BCUT2D eigenvalue weighted by Gasteiger charge is 2.03. The van der Waals surface area contributed by atoms with Gasteiger partial charge in [0.15, 0.2) is 6.61 Å². The number of hydrogen-bond donors (Lipinski definition) is 1. The van der Waals surface area contributed by atoms with Crippen molar-refractivity contribution in [2.75, 3.05) is 18.2 Å². The minimum absolute atomic E-state index is 0.00644. The first kappa shape index (κ1) is 14.5. The summed E-state index contributed by atoms with van der Waals surface area (Å²) in [5.41, 5.74) is 1.94. The van der Waals surface area contributed by atoms with E-state index >= 15 is 0 Å². The number of ether oxygens (including phenoxy) is 1. The van der Waals surface area contributed by atoms with Crippen molar-refractivity contribution >= 4 is 23.4 Å². The molecule has 0 aromatic heterocycles. The van der Waals surface area contributed by atoms with Crippen molar-refractivity contribution in [2.24, 2.45) is 0 Å². The zero-order valence-electron chi connectivity index (χ0n) is 11.6. The van der Waals surface area contributed by atoms with E-state index in [9.17, 15) is 4.79 Å². The van der Waals surface area contributed by atoms with Crippen molar-refractivity contribution in [3.05, 3.63) is 54.1 Å². The van der Waals surface area contributed by atoms with Gasteiger partial charge in [-0.05, 0) is 49.6 Å². The van der Waals surface area contributed by atoms with Crippen LogP contribution in [0.15, 0.2) is 53.4 Å². The predicted octanol–water partition coefficient (Wildman–Crippen LogP) is 3.73. The zero-order valence-corrected chi connectivity index (χ0v) is 12.4. The molecule has 0 aliphatic rings. The summed E-state index contributed by atoms with van der Waals surface area (Å²) >= 11 is 1.67. The topological polar surface area (TPSA) is 38.3 Å². The second-order valence-corrected chi connectivity index (χ2v) is 5.26. The monoisotopic (exact) mass is 287 g/mol. The molecule has 0 unspecified atom stereocenters. The van der Waals surface area contributed by atoms with Crippen molar-refractivity contribution in [1.29, 1.82) is 0 Å². The highest BCUT2D eigenvalue weighted by atomic mass is 32.2. The predicted molar refractivity (Wildman–Crippen MR) is 83.5 cm³/mol. The van der Waals surface area contributed by atoms with Crippen LogP contribution in [0.3, 0.4) is 0 Å². The fourth-order valence-electron chi connectivity index (χ4n) is 1.65. The van der Waals surface area contributed by atoms with E-state index in [1.807, 2.05) is 61.7 Å². The van der Waals surface area contributed by atoms with Gasteiger partial charge in [-0.2, -0.15) is 0 Å². The van der Waals surface area contributed by atoms with E-state index in [-0.39, 0.29) is 12.5 Å². The number of nitrogens with one attached hydrogen (secondary N) is 1. The number of rotatable bonds is 5. The normalized spacial score (nSPS) is 10.1. The fraction of sp³-hybridized carbons (Fsp3) is 0.188. The van der Waals surface area contributed by atoms with Crippen LogP contribution in [-0.2, 0) is 4.79 Å². The minimum Gasteiger partial charge on any atom is -0.484 e. The van der Waals surface area contributed by atoms with E-state index in [1.165, 1.54) is 4.90 Å². The lowest BCUT2D eigenvalue weighted by molar-refractivity contribution is -0.118. The van der Waals surface area contributed by atoms with Crippen molar-refractivity contribution in [2.45, 2.75) is 11.8 Å². The highest BCUT2D eigenvalue weighted by molar-refractivity contribution is 7.98. The van der Waals surface area contributed by atoms with Crippen LogP contribution in [0.25, 0.3) is 0 Å². The second kappa shape index (κ2) is 7.01. The van der Waals surface area contributed by atoms with E-state index < -0.39 is 0 Å². The van der Waals surface area contributed by atoms with E-state index in [0.29, 0.717) is 5.75 Å². The summed E-state index contributed by atoms with van der Waals surface area (Å²) in [7, 11) is 0. The lowest BCUT2D eigenvalue weighted by Gasteiger charge is -2.08. The molecule has 20 heavy (non-hydrogen) atoms. The average molecular weight is 287 g/mol. The maximum Gasteiger partial charge on any atom is 0.262 e. The number of aryl methyl sites for hydroxylation is 1. The Balaban J connectivity index is 1.83.